The molecule has 0 heterocycles. The fourth-order valence-electron chi connectivity index (χ4n) is 4.31. The molecule has 7 nitrogen and oxygen atoms in total. The lowest BCUT2D eigenvalue weighted by atomic mass is 10.0. The zero-order valence-corrected chi connectivity index (χ0v) is 25.1. The van der Waals surface area contributed by atoms with Crippen molar-refractivity contribution in [1.82, 2.24) is 0 Å². The normalized spacial score (nSPS) is 10.5. The molecule has 0 aromatic heterocycles. The molecular weight excluding hydrogens is 544 g/mol. The van der Waals surface area contributed by atoms with E-state index in [0.29, 0.717) is 54.4 Å². The highest BCUT2D eigenvalue weighted by Crippen LogP contribution is 2.20. The van der Waals surface area contributed by atoms with Gasteiger partial charge in [-0.2, -0.15) is 0 Å². The van der Waals surface area contributed by atoms with Crippen LogP contribution in [0.1, 0.15) is 91.0 Å². The first-order valence-corrected chi connectivity index (χ1v) is 15.1. The summed E-state index contributed by atoms with van der Waals surface area (Å²) in [4.78, 5) is 36.2. The van der Waals surface area contributed by atoms with Crippen molar-refractivity contribution < 1.29 is 33.3 Å². The molecule has 3 rings (SSSR count). The maximum atomic E-state index is 12.6. The van der Waals surface area contributed by atoms with E-state index in [1.807, 2.05) is 24.3 Å². The van der Waals surface area contributed by atoms with E-state index in [9.17, 15) is 14.4 Å². The first-order valence-electron chi connectivity index (χ1n) is 15.1. The molecule has 3 aromatic carbocycles. The summed E-state index contributed by atoms with van der Waals surface area (Å²) in [7, 11) is 0. The molecule has 0 aliphatic heterocycles. The van der Waals surface area contributed by atoms with E-state index in [4.69, 9.17) is 18.9 Å². The van der Waals surface area contributed by atoms with Crippen molar-refractivity contribution in [3.8, 4) is 17.2 Å². The second-order valence-corrected chi connectivity index (χ2v) is 10.3. The first kappa shape index (κ1) is 33.1. The van der Waals surface area contributed by atoms with Crippen molar-refractivity contribution in [3.05, 3.63) is 102 Å². The molecule has 0 N–H and O–H groups in total. The van der Waals surface area contributed by atoms with Crippen molar-refractivity contribution in [2.24, 2.45) is 0 Å². The molecule has 0 fully saturated rings. The van der Waals surface area contributed by atoms with Crippen LogP contribution in [0.15, 0.2) is 85.5 Å². The third kappa shape index (κ3) is 12.6. The average Bonchev–Trinajstić information content (AvgIpc) is 3.03. The molecule has 0 aliphatic rings. The summed E-state index contributed by atoms with van der Waals surface area (Å²) < 4.78 is 21.5. The number of aryl methyl sites for hydroxylation is 1. The van der Waals surface area contributed by atoms with Crippen molar-refractivity contribution in [2.45, 2.75) is 71.1 Å². The highest BCUT2D eigenvalue weighted by Gasteiger charge is 2.12. The Balaban J connectivity index is 1.37. The number of benzene rings is 3. The summed E-state index contributed by atoms with van der Waals surface area (Å²) in [5, 5.41) is 0. The van der Waals surface area contributed by atoms with Gasteiger partial charge >= 0.3 is 17.9 Å². The number of rotatable bonds is 19. The van der Waals surface area contributed by atoms with E-state index < -0.39 is 17.9 Å². The molecule has 0 bridgehead atoms. The van der Waals surface area contributed by atoms with Crippen molar-refractivity contribution >= 4 is 17.9 Å². The lowest BCUT2D eigenvalue weighted by Crippen LogP contribution is -2.10. The molecule has 0 amide bonds. The number of hydrogen-bond donors (Lipinski definition) is 0. The van der Waals surface area contributed by atoms with Gasteiger partial charge in [-0.1, -0.05) is 64.2 Å². The van der Waals surface area contributed by atoms with E-state index >= 15 is 0 Å². The van der Waals surface area contributed by atoms with E-state index in [-0.39, 0.29) is 0 Å². The van der Waals surface area contributed by atoms with E-state index in [0.717, 1.165) is 12.5 Å². The van der Waals surface area contributed by atoms with Crippen molar-refractivity contribution in [2.75, 3.05) is 13.2 Å². The molecule has 0 saturated carbocycles. The van der Waals surface area contributed by atoms with Crippen LogP contribution in [-0.2, 0) is 16.0 Å². The smallest absolute Gasteiger partial charge is 0.343 e. The zero-order chi connectivity index (χ0) is 30.7. The molecule has 0 aliphatic carbocycles. The topological polar surface area (TPSA) is 88.1 Å². The quantitative estimate of drug-likeness (QED) is 0.0604. The van der Waals surface area contributed by atoms with Gasteiger partial charge in [0.05, 0.1) is 24.3 Å². The molecule has 43 heavy (non-hydrogen) atoms. The summed E-state index contributed by atoms with van der Waals surface area (Å²) in [6.45, 7) is 6.35. The summed E-state index contributed by atoms with van der Waals surface area (Å²) >= 11 is 0. The number of hydrogen-bond acceptors (Lipinski definition) is 7. The molecule has 0 spiro atoms. The fourth-order valence-corrected chi connectivity index (χ4v) is 4.31. The third-order valence-electron chi connectivity index (χ3n) is 6.81. The van der Waals surface area contributed by atoms with E-state index in [2.05, 4.69) is 13.5 Å². The molecule has 7 heteroatoms. The SMILES string of the molecule is C=CC(=O)OCCCCOc1ccc(C(=O)Oc2ccc(C(=O)Oc3ccc(CCCCCCCCC)cc3)cc2)cc1. The number of ether oxygens (including phenoxy) is 4. The van der Waals surface area contributed by atoms with Crippen LogP contribution in [0.25, 0.3) is 0 Å². The molecule has 0 saturated heterocycles. The molecule has 0 atom stereocenters. The van der Waals surface area contributed by atoms with Gasteiger partial charge < -0.3 is 18.9 Å². The van der Waals surface area contributed by atoms with Crippen molar-refractivity contribution in [1.29, 1.82) is 0 Å². The van der Waals surface area contributed by atoms with Crippen molar-refractivity contribution in [3.63, 3.8) is 0 Å². The number of esters is 3. The summed E-state index contributed by atoms with van der Waals surface area (Å²) in [5.41, 5.74) is 1.96. The monoisotopic (exact) mass is 586 g/mol. The van der Waals surface area contributed by atoms with Gasteiger partial charge in [-0.25, -0.2) is 14.4 Å². The first-order chi connectivity index (χ1) is 21.0. The molecule has 3 aromatic rings. The Hall–Kier alpha value is -4.39. The van der Waals surface area contributed by atoms with Crippen LogP contribution in [0.4, 0.5) is 0 Å². The third-order valence-corrected chi connectivity index (χ3v) is 6.81. The summed E-state index contributed by atoms with van der Waals surface area (Å²) in [6, 6.07) is 20.5. The minimum atomic E-state index is -0.525. The lowest BCUT2D eigenvalue weighted by Gasteiger charge is -2.09. The van der Waals surface area contributed by atoms with Gasteiger partial charge in [0.1, 0.15) is 17.2 Å². The van der Waals surface area contributed by atoms with Crippen LogP contribution in [0.5, 0.6) is 17.2 Å². The highest BCUT2D eigenvalue weighted by molar-refractivity contribution is 5.92. The molecule has 0 unspecified atom stereocenters. The molecule has 0 radical (unpaired) electrons. The largest absolute Gasteiger partial charge is 0.494 e. The molecule has 228 valence electrons. The van der Waals surface area contributed by atoms with Gasteiger partial charge in [0.2, 0.25) is 0 Å². The Kier molecular flexibility index (Phi) is 14.6. The van der Waals surface area contributed by atoms with Crippen LogP contribution in [-0.4, -0.2) is 31.1 Å². The van der Waals surface area contributed by atoms with Crippen LogP contribution in [0, 0.1) is 0 Å². The van der Waals surface area contributed by atoms with E-state index in [1.165, 1.54) is 50.5 Å². The second kappa shape index (κ2) is 18.9. The Labute approximate surface area is 254 Å². The Morgan fingerprint density at radius 3 is 1.65 bits per heavy atom. The van der Waals surface area contributed by atoms with Gasteiger partial charge in [-0.15, -0.1) is 0 Å². The predicted molar refractivity (Wildman–Crippen MR) is 167 cm³/mol. The van der Waals surface area contributed by atoms with Gasteiger partial charge in [0.25, 0.3) is 0 Å². The average molecular weight is 587 g/mol. The maximum Gasteiger partial charge on any atom is 0.343 e. The van der Waals surface area contributed by atoms with Crippen LogP contribution >= 0.6 is 0 Å². The maximum absolute atomic E-state index is 12.6. The van der Waals surface area contributed by atoms with Gasteiger partial charge in [0, 0.05) is 6.08 Å². The highest BCUT2D eigenvalue weighted by atomic mass is 16.5. The minimum Gasteiger partial charge on any atom is -0.494 e. The van der Waals surface area contributed by atoms with Gasteiger partial charge in [-0.3, -0.25) is 0 Å². The van der Waals surface area contributed by atoms with Crippen LogP contribution < -0.4 is 14.2 Å². The van der Waals surface area contributed by atoms with E-state index in [1.54, 1.807) is 48.5 Å². The lowest BCUT2D eigenvalue weighted by molar-refractivity contribution is -0.137. The second-order valence-electron chi connectivity index (χ2n) is 10.3. The number of carbonyl (C=O) groups excluding carboxylic acids is 3. The Morgan fingerprint density at radius 2 is 1.09 bits per heavy atom. The summed E-state index contributed by atoms with van der Waals surface area (Å²) in [5.74, 6) is -0.0231. The van der Waals surface area contributed by atoms with Crippen LogP contribution in [0.3, 0.4) is 0 Å². The van der Waals surface area contributed by atoms with Gasteiger partial charge in [-0.05, 0) is 91.9 Å². The Bertz CT molecular complexity index is 1280. The zero-order valence-electron chi connectivity index (χ0n) is 25.1. The van der Waals surface area contributed by atoms with Gasteiger partial charge in [0.15, 0.2) is 0 Å². The predicted octanol–water partition coefficient (Wildman–Crippen LogP) is 8.31. The number of carbonyl (C=O) groups is 3. The summed E-state index contributed by atoms with van der Waals surface area (Å²) in [6.07, 6.45) is 12.5. The van der Waals surface area contributed by atoms with Crippen LogP contribution in [0.2, 0.25) is 0 Å². The molecular formula is C36H42O7. The standard InChI is InChI=1S/C36H42O7/c1-3-5-6-7-8-9-10-13-28-14-20-32(21-15-28)42-36(39)30-18-24-33(25-19-30)43-35(38)29-16-22-31(23-17-29)40-26-11-12-27-41-34(37)4-2/h4,14-25H,2-3,5-13,26-27H2,1H3. The fraction of sp³-hybridized carbons (Fsp3) is 0.361. The minimum absolute atomic E-state index is 0.314. The Morgan fingerprint density at radius 1 is 0.605 bits per heavy atom. The number of unbranched alkanes of at least 4 members (excludes halogenated alkanes) is 7.